The van der Waals surface area contributed by atoms with Crippen LogP contribution in [0.15, 0.2) is 60.9 Å². The molecule has 31 heavy (non-hydrogen) atoms. The number of aldehydes is 1. The lowest BCUT2D eigenvalue weighted by atomic mass is 9.90. The van der Waals surface area contributed by atoms with E-state index in [0.717, 1.165) is 17.4 Å². The van der Waals surface area contributed by atoms with E-state index < -0.39 is 6.04 Å². The maximum atomic E-state index is 13.3. The molecule has 0 radical (unpaired) electrons. The Kier molecular flexibility index (Phi) is 4.60. The number of hydrogen-bond acceptors (Lipinski definition) is 6. The molecule has 2 aromatic carbocycles. The van der Waals surface area contributed by atoms with Gasteiger partial charge < -0.3 is 15.0 Å². The van der Waals surface area contributed by atoms with Gasteiger partial charge in [-0.2, -0.15) is 0 Å². The first-order chi connectivity index (χ1) is 15.1. The smallest absolute Gasteiger partial charge is 0.218 e. The molecule has 0 saturated carbocycles. The number of phenolic OH excluding ortho intramolecular Hbond substituents is 1. The van der Waals surface area contributed by atoms with E-state index in [2.05, 4.69) is 9.97 Å². The van der Waals surface area contributed by atoms with Crippen LogP contribution < -0.4 is 0 Å². The van der Waals surface area contributed by atoms with Crippen LogP contribution in [0, 0.1) is 5.82 Å². The van der Waals surface area contributed by atoms with E-state index in [0.29, 0.717) is 40.7 Å². The Morgan fingerprint density at radius 1 is 1.06 bits per heavy atom. The van der Waals surface area contributed by atoms with Gasteiger partial charge in [-0.25, -0.2) is 9.37 Å². The van der Waals surface area contributed by atoms with Gasteiger partial charge >= 0.3 is 0 Å². The summed E-state index contributed by atoms with van der Waals surface area (Å²) in [6.45, 7) is 0.748. The van der Waals surface area contributed by atoms with E-state index in [1.54, 1.807) is 36.5 Å². The number of carbonyl (C=O) groups is 1. The van der Waals surface area contributed by atoms with E-state index >= 15 is 0 Å². The summed E-state index contributed by atoms with van der Waals surface area (Å²) in [4.78, 5) is 22.4. The van der Waals surface area contributed by atoms with Crippen molar-refractivity contribution in [1.29, 1.82) is 0 Å². The standard InChI is InChI=1S/C24H18FN3O3/c25-15-7-5-14(6-8-15)11-28-12-18-20(17-4-2-10-27-24(17)31)16-3-1-9-26-22(16)23(30)21(18)19(28)13-29/h1-10,13,19,30H,11-12H2,(H,27,31). The van der Waals surface area contributed by atoms with Crippen LogP contribution in [0.25, 0.3) is 22.0 Å². The molecule has 0 fully saturated rings. The number of pyridine rings is 2. The van der Waals surface area contributed by atoms with Crippen molar-refractivity contribution in [3.8, 4) is 22.8 Å². The van der Waals surface area contributed by atoms with Crippen LogP contribution in [0.3, 0.4) is 0 Å². The third-order valence-electron chi connectivity index (χ3n) is 5.72. The topological polar surface area (TPSA) is 86.5 Å². The Morgan fingerprint density at radius 2 is 1.81 bits per heavy atom. The monoisotopic (exact) mass is 415 g/mol. The third-order valence-corrected chi connectivity index (χ3v) is 5.72. The van der Waals surface area contributed by atoms with Crippen molar-refractivity contribution in [2.75, 3.05) is 0 Å². The Labute approximate surface area is 177 Å². The number of halogens is 1. The van der Waals surface area contributed by atoms with Crippen molar-refractivity contribution >= 4 is 17.2 Å². The summed E-state index contributed by atoms with van der Waals surface area (Å²) in [6, 6.07) is 12.4. The second-order valence-electron chi connectivity index (χ2n) is 7.50. The summed E-state index contributed by atoms with van der Waals surface area (Å²) in [5.41, 5.74) is 3.60. The predicted octanol–water partition coefficient (Wildman–Crippen LogP) is 4.10. The SMILES string of the molecule is O=CC1c2c(c(-c3cccnc3O)c3cccnc3c2O)CN1Cc1ccc(F)cc1. The fourth-order valence-electron chi connectivity index (χ4n) is 4.36. The van der Waals surface area contributed by atoms with Gasteiger partial charge in [0.25, 0.3) is 0 Å². The quantitative estimate of drug-likeness (QED) is 0.488. The van der Waals surface area contributed by atoms with Crippen molar-refractivity contribution in [3.05, 3.63) is 83.4 Å². The fourth-order valence-corrected chi connectivity index (χ4v) is 4.36. The zero-order valence-electron chi connectivity index (χ0n) is 16.4. The molecule has 7 heteroatoms. The summed E-state index contributed by atoms with van der Waals surface area (Å²) < 4.78 is 13.3. The lowest BCUT2D eigenvalue weighted by Gasteiger charge is -2.20. The van der Waals surface area contributed by atoms with Gasteiger partial charge in [0.15, 0.2) is 0 Å². The van der Waals surface area contributed by atoms with Crippen molar-refractivity contribution in [1.82, 2.24) is 14.9 Å². The minimum atomic E-state index is -0.705. The van der Waals surface area contributed by atoms with Crippen molar-refractivity contribution < 1.29 is 19.4 Å². The number of rotatable bonds is 4. The lowest BCUT2D eigenvalue weighted by Crippen LogP contribution is -2.22. The molecule has 6 nitrogen and oxygen atoms in total. The molecule has 0 spiro atoms. The molecule has 4 aromatic rings. The number of benzene rings is 2. The highest BCUT2D eigenvalue weighted by Crippen LogP contribution is 2.49. The molecule has 1 aliphatic heterocycles. The molecule has 0 bridgehead atoms. The van der Waals surface area contributed by atoms with E-state index in [4.69, 9.17) is 0 Å². The summed E-state index contributed by atoms with van der Waals surface area (Å²) in [7, 11) is 0. The van der Waals surface area contributed by atoms with Gasteiger partial charge in [-0.3, -0.25) is 9.88 Å². The number of carbonyl (C=O) groups excluding carboxylic acids is 1. The predicted molar refractivity (Wildman–Crippen MR) is 113 cm³/mol. The molecule has 2 aromatic heterocycles. The molecule has 5 rings (SSSR count). The van der Waals surface area contributed by atoms with Gasteiger partial charge in [-0.1, -0.05) is 18.2 Å². The number of aromatic nitrogens is 2. The van der Waals surface area contributed by atoms with Crippen LogP contribution in [-0.4, -0.2) is 31.4 Å². The van der Waals surface area contributed by atoms with Gasteiger partial charge in [0, 0.05) is 47.6 Å². The molecule has 0 aliphatic carbocycles. The van der Waals surface area contributed by atoms with Gasteiger partial charge in [-0.15, -0.1) is 0 Å². The Bertz CT molecular complexity index is 1310. The Morgan fingerprint density at radius 3 is 2.55 bits per heavy atom. The first-order valence-corrected chi connectivity index (χ1v) is 9.79. The molecule has 2 N–H and O–H groups in total. The average molecular weight is 415 g/mol. The van der Waals surface area contributed by atoms with Crippen LogP contribution in [0.2, 0.25) is 0 Å². The maximum absolute atomic E-state index is 13.3. The van der Waals surface area contributed by atoms with E-state index in [1.165, 1.54) is 18.3 Å². The summed E-state index contributed by atoms with van der Waals surface area (Å²) in [5.74, 6) is -0.513. The van der Waals surface area contributed by atoms with Gasteiger partial charge in [0.1, 0.15) is 23.4 Å². The minimum absolute atomic E-state index is 0.0450. The second-order valence-corrected chi connectivity index (χ2v) is 7.50. The molecule has 1 atom stereocenters. The lowest BCUT2D eigenvalue weighted by molar-refractivity contribution is -0.112. The number of fused-ring (bicyclic) bond motifs is 2. The zero-order valence-corrected chi connectivity index (χ0v) is 16.4. The minimum Gasteiger partial charge on any atom is -0.505 e. The molecule has 1 aliphatic rings. The first-order valence-electron chi connectivity index (χ1n) is 9.79. The zero-order chi connectivity index (χ0) is 21.5. The Balaban J connectivity index is 1.72. The van der Waals surface area contributed by atoms with Crippen molar-refractivity contribution in [2.45, 2.75) is 19.1 Å². The molecule has 154 valence electrons. The number of hydrogen-bond donors (Lipinski definition) is 2. The van der Waals surface area contributed by atoms with E-state index in [9.17, 15) is 19.4 Å². The van der Waals surface area contributed by atoms with Crippen molar-refractivity contribution in [3.63, 3.8) is 0 Å². The number of phenols is 1. The Hall–Kier alpha value is -3.84. The molecular weight excluding hydrogens is 397 g/mol. The van der Waals surface area contributed by atoms with Crippen LogP contribution in [0.1, 0.15) is 22.7 Å². The van der Waals surface area contributed by atoms with Gasteiger partial charge in [-0.05, 0) is 41.5 Å². The average Bonchev–Trinajstić information content (AvgIpc) is 3.14. The number of aromatic hydroxyl groups is 2. The molecule has 0 saturated heterocycles. The maximum Gasteiger partial charge on any atom is 0.218 e. The van der Waals surface area contributed by atoms with Crippen LogP contribution in [-0.2, 0) is 17.9 Å². The molecule has 1 unspecified atom stereocenters. The highest BCUT2D eigenvalue weighted by Gasteiger charge is 2.37. The van der Waals surface area contributed by atoms with Gasteiger partial charge in [0.05, 0.1) is 6.04 Å². The largest absolute Gasteiger partial charge is 0.505 e. The summed E-state index contributed by atoms with van der Waals surface area (Å²) >= 11 is 0. The number of nitrogens with zero attached hydrogens (tertiary/aromatic N) is 3. The van der Waals surface area contributed by atoms with Crippen LogP contribution in [0.5, 0.6) is 11.6 Å². The second kappa shape index (κ2) is 7.45. The van der Waals surface area contributed by atoms with E-state index in [-0.39, 0.29) is 17.4 Å². The fraction of sp³-hybridized carbons (Fsp3) is 0.125. The molecule has 0 amide bonds. The van der Waals surface area contributed by atoms with Crippen molar-refractivity contribution in [2.24, 2.45) is 0 Å². The van der Waals surface area contributed by atoms with E-state index in [1.807, 2.05) is 11.0 Å². The first kappa shape index (κ1) is 19.1. The third kappa shape index (κ3) is 3.10. The highest BCUT2D eigenvalue weighted by atomic mass is 19.1. The van der Waals surface area contributed by atoms with Gasteiger partial charge in [0.2, 0.25) is 5.88 Å². The molecule has 3 heterocycles. The van der Waals surface area contributed by atoms with Crippen LogP contribution >= 0.6 is 0 Å². The van der Waals surface area contributed by atoms with Crippen LogP contribution in [0.4, 0.5) is 4.39 Å². The summed E-state index contributed by atoms with van der Waals surface area (Å²) in [6.07, 6.45) is 3.86. The highest BCUT2D eigenvalue weighted by molar-refractivity contribution is 6.02. The summed E-state index contributed by atoms with van der Waals surface area (Å²) in [5, 5.41) is 22.2. The normalized spacial score (nSPS) is 15.8. The molecular formula is C24H18FN3O3.